The van der Waals surface area contributed by atoms with Crippen molar-refractivity contribution in [2.45, 2.75) is 45.6 Å². The molecule has 6 heteroatoms. The Labute approximate surface area is 170 Å². The van der Waals surface area contributed by atoms with Crippen LogP contribution in [0.2, 0.25) is 0 Å². The molecule has 0 saturated carbocycles. The Bertz CT molecular complexity index is 597. The monoisotopic (exact) mass is 389 g/mol. The maximum atomic E-state index is 8.74. The number of unbranched alkanes of at least 4 members (excludes halogenated alkanes) is 3. The highest BCUT2D eigenvalue weighted by Gasteiger charge is 2.19. The van der Waals surface area contributed by atoms with Crippen molar-refractivity contribution in [3.8, 4) is 23.3 Å². The fraction of sp³-hybridized carbons (Fsp3) is 0.682. The van der Waals surface area contributed by atoms with E-state index in [0.29, 0.717) is 18.8 Å². The molecule has 2 rings (SSSR count). The molecule has 1 fully saturated rings. The SMILES string of the molecule is CCCCCCOc1c(OC)cc(CN2CCN(CCC#N)CC2)cc1OC. The zero-order valence-corrected chi connectivity index (χ0v) is 17.7. The summed E-state index contributed by atoms with van der Waals surface area (Å²) in [5, 5.41) is 8.74. The van der Waals surface area contributed by atoms with Gasteiger partial charge in [0.2, 0.25) is 5.75 Å². The highest BCUT2D eigenvalue weighted by Crippen LogP contribution is 2.39. The normalized spacial score (nSPS) is 15.2. The van der Waals surface area contributed by atoms with Crippen molar-refractivity contribution in [2.24, 2.45) is 0 Å². The van der Waals surface area contributed by atoms with Crippen LogP contribution in [0.15, 0.2) is 12.1 Å². The van der Waals surface area contributed by atoms with Gasteiger partial charge >= 0.3 is 0 Å². The van der Waals surface area contributed by atoms with Crippen LogP contribution in [0.25, 0.3) is 0 Å². The number of ether oxygens (including phenoxy) is 3. The van der Waals surface area contributed by atoms with Gasteiger partial charge in [0.15, 0.2) is 11.5 Å². The molecule has 1 aliphatic rings. The second-order valence-corrected chi connectivity index (χ2v) is 7.26. The quantitative estimate of drug-likeness (QED) is 0.508. The van der Waals surface area contributed by atoms with Gasteiger partial charge in [0.1, 0.15) is 0 Å². The number of nitriles is 1. The van der Waals surface area contributed by atoms with Crippen LogP contribution >= 0.6 is 0 Å². The second-order valence-electron chi connectivity index (χ2n) is 7.26. The van der Waals surface area contributed by atoms with E-state index < -0.39 is 0 Å². The number of hydrogen-bond acceptors (Lipinski definition) is 6. The molecule has 0 N–H and O–H groups in total. The van der Waals surface area contributed by atoms with Crippen molar-refractivity contribution < 1.29 is 14.2 Å². The van der Waals surface area contributed by atoms with Gasteiger partial charge < -0.3 is 14.2 Å². The molecule has 0 atom stereocenters. The first kappa shape index (κ1) is 22.3. The molecule has 0 radical (unpaired) electrons. The van der Waals surface area contributed by atoms with E-state index in [1.807, 2.05) is 0 Å². The number of piperazine rings is 1. The highest BCUT2D eigenvalue weighted by molar-refractivity contribution is 5.53. The van der Waals surface area contributed by atoms with E-state index in [9.17, 15) is 0 Å². The summed E-state index contributed by atoms with van der Waals surface area (Å²) >= 11 is 0. The van der Waals surface area contributed by atoms with Gasteiger partial charge in [-0.05, 0) is 24.1 Å². The average molecular weight is 390 g/mol. The van der Waals surface area contributed by atoms with Gasteiger partial charge in [-0.2, -0.15) is 5.26 Å². The first-order valence-corrected chi connectivity index (χ1v) is 10.4. The van der Waals surface area contributed by atoms with Gasteiger partial charge in [-0.3, -0.25) is 9.80 Å². The van der Waals surface area contributed by atoms with E-state index in [2.05, 4.69) is 34.9 Å². The molecule has 0 aliphatic carbocycles. The third kappa shape index (κ3) is 6.88. The van der Waals surface area contributed by atoms with Gasteiger partial charge in [0.05, 0.1) is 26.9 Å². The first-order valence-electron chi connectivity index (χ1n) is 10.4. The van der Waals surface area contributed by atoms with Gasteiger partial charge in [-0.15, -0.1) is 0 Å². The lowest BCUT2D eigenvalue weighted by atomic mass is 10.1. The first-order chi connectivity index (χ1) is 13.7. The minimum absolute atomic E-state index is 0.605. The maximum Gasteiger partial charge on any atom is 0.203 e. The van der Waals surface area contributed by atoms with E-state index in [-0.39, 0.29) is 0 Å². The minimum Gasteiger partial charge on any atom is -0.493 e. The topological polar surface area (TPSA) is 58.0 Å². The molecule has 0 aromatic heterocycles. The summed E-state index contributed by atoms with van der Waals surface area (Å²) in [7, 11) is 3.35. The molecule has 28 heavy (non-hydrogen) atoms. The zero-order valence-electron chi connectivity index (χ0n) is 17.7. The molecule has 1 aliphatic heterocycles. The minimum atomic E-state index is 0.605. The van der Waals surface area contributed by atoms with Crippen LogP contribution in [-0.2, 0) is 6.54 Å². The van der Waals surface area contributed by atoms with Gasteiger partial charge in [0.25, 0.3) is 0 Å². The van der Waals surface area contributed by atoms with Crippen LogP contribution in [0.1, 0.15) is 44.6 Å². The van der Waals surface area contributed by atoms with Gasteiger partial charge in [-0.1, -0.05) is 26.2 Å². The van der Waals surface area contributed by atoms with Crippen molar-refractivity contribution in [1.29, 1.82) is 5.26 Å². The lowest BCUT2D eigenvalue weighted by molar-refractivity contribution is 0.129. The molecule has 1 saturated heterocycles. The number of rotatable bonds is 12. The third-order valence-electron chi connectivity index (χ3n) is 5.18. The maximum absolute atomic E-state index is 8.74. The fourth-order valence-corrected chi connectivity index (χ4v) is 3.51. The Hall–Kier alpha value is -1.97. The van der Waals surface area contributed by atoms with Crippen molar-refractivity contribution in [1.82, 2.24) is 9.80 Å². The molecule has 0 bridgehead atoms. The smallest absolute Gasteiger partial charge is 0.203 e. The van der Waals surface area contributed by atoms with Crippen LogP contribution < -0.4 is 14.2 Å². The van der Waals surface area contributed by atoms with E-state index >= 15 is 0 Å². The Morgan fingerprint density at radius 2 is 1.61 bits per heavy atom. The zero-order chi connectivity index (χ0) is 20.2. The lowest BCUT2D eigenvalue weighted by Crippen LogP contribution is -2.46. The van der Waals surface area contributed by atoms with Crippen LogP contribution in [0.5, 0.6) is 17.2 Å². The molecular formula is C22H35N3O3. The Balaban J connectivity index is 1.95. The van der Waals surface area contributed by atoms with Crippen molar-refractivity contribution in [3.05, 3.63) is 17.7 Å². The van der Waals surface area contributed by atoms with Crippen LogP contribution in [0, 0.1) is 11.3 Å². The molecule has 0 spiro atoms. The predicted molar refractivity (Wildman–Crippen MR) is 111 cm³/mol. The van der Waals surface area contributed by atoms with E-state index in [1.54, 1.807) is 14.2 Å². The van der Waals surface area contributed by atoms with E-state index in [0.717, 1.165) is 62.8 Å². The van der Waals surface area contributed by atoms with Crippen molar-refractivity contribution in [2.75, 3.05) is 53.6 Å². The molecule has 1 aromatic rings. The van der Waals surface area contributed by atoms with Crippen LogP contribution in [0.3, 0.4) is 0 Å². The number of benzene rings is 1. The highest BCUT2D eigenvalue weighted by atomic mass is 16.5. The summed E-state index contributed by atoms with van der Waals surface area (Å²) in [5.41, 5.74) is 1.16. The molecule has 0 unspecified atom stereocenters. The second kappa shape index (κ2) is 12.5. The number of methoxy groups -OCH3 is 2. The predicted octanol–water partition coefficient (Wildman–Crippen LogP) is 3.69. The molecule has 1 aromatic carbocycles. The summed E-state index contributed by atoms with van der Waals surface area (Å²) < 4.78 is 17.2. The van der Waals surface area contributed by atoms with Crippen LogP contribution in [-0.4, -0.2) is 63.4 Å². The summed E-state index contributed by atoms with van der Waals surface area (Å²) in [6.07, 6.45) is 5.28. The third-order valence-corrected chi connectivity index (χ3v) is 5.18. The molecule has 0 amide bonds. The lowest BCUT2D eigenvalue weighted by Gasteiger charge is -2.34. The standard InChI is InChI=1S/C22H35N3O3/c1-4-5-6-7-15-28-22-20(26-2)16-19(17-21(22)27-3)18-25-13-11-24(12-14-25)10-8-9-23/h16-17H,4-8,10-15,18H2,1-3H3. The van der Waals surface area contributed by atoms with E-state index in [4.69, 9.17) is 19.5 Å². The Morgan fingerprint density at radius 3 is 2.18 bits per heavy atom. The number of nitrogens with zero attached hydrogens (tertiary/aromatic N) is 3. The van der Waals surface area contributed by atoms with Gasteiger partial charge in [-0.25, -0.2) is 0 Å². The Kier molecular flexibility index (Phi) is 9.95. The summed E-state index contributed by atoms with van der Waals surface area (Å²) in [4.78, 5) is 4.79. The van der Waals surface area contributed by atoms with Crippen molar-refractivity contribution in [3.63, 3.8) is 0 Å². The largest absolute Gasteiger partial charge is 0.493 e. The average Bonchev–Trinajstić information content (AvgIpc) is 2.73. The Morgan fingerprint density at radius 1 is 0.964 bits per heavy atom. The fourth-order valence-electron chi connectivity index (χ4n) is 3.51. The number of hydrogen-bond donors (Lipinski definition) is 0. The van der Waals surface area contributed by atoms with E-state index in [1.165, 1.54) is 19.3 Å². The summed E-state index contributed by atoms with van der Waals surface area (Å²) in [6.45, 7) is 8.64. The van der Waals surface area contributed by atoms with Crippen LogP contribution in [0.4, 0.5) is 0 Å². The molecule has 6 nitrogen and oxygen atoms in total. The molecular weight excluding hydrogens is 354 g/mol. The summed E-state index contributed by atoms with van der Waals surface area (Å²) in [6, 6.07) is 6.35. The van der Waals surface area contributed by atoms with Gasteiger partial charge in [0, 0.05) is 45.7 Å². The molecule has 156 valence electrons. The summed E-state index contributed by atoms with van der Waals surface area (Å²) in [5.74, 6) is 2.17. The van der Waals surface area contributed by atoms with Crippen molar-refractivity contribution >= 4 is 0 Å². The molecule has 1 heterocycles.